The Balaban J connectivity index is 1.85. The Labute approximate surface area is 147 Å². The van der Waals surface area contributed by atoms with Gasteiger partial charge in [-0.2, -0.15) is 0 Å². The van der Waals surface area contributed by atoms with E-state index in [4.69, 9.17) is 21.1 Å². The highest BCUT2D eigenvalue weighted by molar-refractivity contribution is 6.30. The van der Waals surface area contributed by atoms with Crippen LogP contribution in [-0.4, -0.2) is 25.9 Å². The summed E-state index contributed by atoms with van der Waals surface area (Å²) >= 11 is 6.07. The maximum atomic E-state index is 11.7. The first-order valence-electron chi connectivity index (χ1n) is 8.09. The van der Waals surface area contributed by atoms with Crippen molar-refractivity contribution in [1.82, 2.24) is 0 Å². The van der Waals surface area contributed by atoms with Gasteiger partial charge < -0.3 is 14.4 Å². The van der Waals surface area contributed by atoms with Crippen molar-refractivity contribution in [3.05, 3.63) is 59.6 Å². The van der Waals surface area contributed by atoms with Crippen LogP contribution in [0.4, 0.5) is 10.5 Å². The van der Waals surface area contributed by atoms with Crippen molar-refractivity contribution in [2.45, 2.75) is 19.8 Å². The first-order chi connectivity index (χ1) is 11.7. The Morgan fingerprint density at radius 1 is 1.08 bits per heavy atom. The van der Waals surface area contributed by atoms with Gasteiger partial charge in [0.1, 0.15) is 12.4 Å². The van der Waals surface area contributed by atoms with Crippen LogP contribution in [0.3, 0.4) is 0 Å². The van der Waals surface area contributed by atoms with Gasteiger partial charge in [-0.3, -0.25) is 0 Å². The molecule has 0 amide bonds. The van der Waals surface area contributed by atoms with Gasteiger partial charge in [0.2, 0.25) is 0 Å². The number of carbonyl (C=O) groups is 1. The van der Waals surface area contributed by atoms with Crippen molar-refractivity contribution < 1.29 is 14.3 Å². The predicted molar refractivity (Wildman–Crippen MR) is 97.0 cm³/mol. The third-order valence-corrected chi connectivity index (χ3v) is 3.72. The first-order valence-corrected chi connectivity index (χ1v) is 8.47. The van der Waals surface area contributed by atoms with E-state index < -0.39 is 6.16 Å². The fourth-order valence-corrected chi connectivity index (χ4v) is 2.43. The lowest BCUT2D eigenvalue weighted by Gasteiger charge is -2.24. The van der Waals surface area contributed by atoms with Crippen LogP contribution < -0.4 is 9.64 Å². The van der Waals surface area contributed by atoms with Gasteiger partial charge in [0.05, 0.1) is 6.54 Å². The molecule has 0 aliphatic carbocycles. The van der Waals surface area contributed by atoms with Gasteiger partial charge in [0.25, 0.3) is 0 Å². The van der Waals surface area contributed by atoms with E-state index in [9.17, 15) is 4.79 Å². The molecule has 0 heterocycles. The van der Waals surface area contributed by atoms with E-state index in [1.54, 1.807) is 24.3 Å². The quantitative estimate of drug-likeness (QED) is 0.488. The summed E-state index contributed by atoms with van der Waals surface area (Å²) in [5, 5.41) is 0.693. The van der Waals surface area contributed by atoms with E-state index in [0.717, 1.165) is 25.1 Å². The largest absolute Gasteiger partial charge is 0.513 e. The molecule has 0 saturated carbocycles. The Bertz CT molecular complexity index is 634. The zero-order valence-corrected chi connectivity index (χ0v) is 14.5. The van der Waals surface area contributed by atoms with Crippen molar-refractivity contribution in [2.24, 2.45) is 0 Å². The number of hydrogen-bond donors (Lipinski definition) is 0. The van der Waals surface area contributed by atoms with Gasteiger partial charge >= 0.3 is 6.16 Å². The number of benzene rings is 2. The molecule has 0 fully saturated rings. The highest BCUT2D eigenvalue weighted by atomic mass is 35.5. The summed E-state index contributed by atoms with van der Waals surface area (Å²) in [5.41, 5.74) is 1.02. The van der Waals surface area contributed by atoms with Crippen LogP contribution in [0, 0.1) is 0 Å². The Morgan fingerprint density at radius 3 is 2.58 bits per heavy atom. The fourth-order valence-electron chi connectivity index (χ4n) is 2.25. The number of ether oxygens (including phenoxy) is 2. The van der Waals surface area contributed by atoms with Crippen molar-refractivity contribution in [2.75, 3.05) is 24.6 Å². The average Bonchev–Trinajstić information content (AvgIpc) is 2.59. The molecule has 0 N–H and O–H groups in total. The van der Waals surface area contributed by atoms with E-state index in [1.165, 1.54) is 0 Å². The van der Waals surface area contributed by atoms with Crippen LogP contribution in [0.25, 0.3) is 0 Å². The molecule has 0 aromatic heterocycles. The fraction of sp³-hybridized carbons (Fsp3) is 0.316. The van der Waals surface area contributed by atoms with Crippen LogP contribution in [0.5, 0.6) is 5.75 Å². The molecular weight excluding hydrogens is 326 g/mol. The van der Waals surface area contributed by atoms with Crippen LogP contribution in [0.1, 0.15) is 19.8 Å². The maximum absolute atomic E-state index is 11.7. The lowest BCUT2D eigenvalue weighted by molar-refractivity contribution is 0.101. The third kappa shape index (κ3) is 6.13. The lowest BCUT2D eigenvalue weighted by Crippen LogP contribution is -2.29. The second kappa shape index (κ2) is 9.83. The van der Waals surface area contributed by atoms with Gasteiger partial charge in [0.15, 0.2) is 0 Å². The smallest absolute Gasteiger partial charge is 0.432 e. The van der Waals surface area contributed by atoms with E-state index >= 15 is 0 Å². The molecule has 128 valence electrons. The van der Waals surface area contributed by atoms with E-state index in [0.29, 0.717) is 17.3 Å². The lowest BCUT2D eigenvalue weighted by atomic mass is 10.2. The first kappa shape index (κ1) is 18.1. The number of carbonyl (C=O) groups excluding carboxylic acids is 1. The van der Waals surface area contributed by atoms with Crippen LogP contribution in [0.2, 0.25) is 5.02 Å². The minimum Gasteiger partial charge on any atom is -0.432 e. The number of unbranched alkanes of at least 4 members (excludes halogenated alkanes) is 1. The summed E-state index contributed by atoms with van der Waals surface area (Å²) in [6, 6.07) is 16.6. The van der Waals surface area contributed by atoms with Crippen LogP contribution in [-0.2, 0) is 4.74 Å². The van der Waals surface area contributed by atoms with Gasteiger partial charge in [-0.1, -0.05) is 49.2 Å². The summed E-state index contributed by atoms with van der Waals surface area (Å²) in [4.78, 5) is 13.9. The zero-order chi connectivity index (χ0) is 17.2. The molecule has 0 radical (unpaired) electrons. The number of nitrogens with zero attached hydrogens (tertiary/aromatic N) is 1. The molecule has 0 aliphatic rings. The van der Waals surface area contributed by atoms with E-state index in [1.807, 2.05) is 30.3 Å². The Hall–Kier alpha value is -2.20. The van der Waals surface area contributed by atoms with Gasteiger partial charge in [-0.05, 0) is 36.8 Å². The highest BCUT2D eigenvalue weighted by Crippen LogP contribution is 2.20. The molecule has 2 aromatic rings. The normalized spacial score (nSPS) is 10.2. The van der Waals surface area contributed by atoms with E-state index in [-0.39, 0.29) is 6.61 Å². The molecule has 0 atom stereocenters. The number of para-hydroxylation sites is 1. The molecule has 0 spiro atoms. The molecule has 4 nitrogen and oxygen atoms in total. The molecule has 5 heteroatoms. The molecular formula is C19H22ClNO3. The average molecular weight is 348 g/mol. The summed E-state index contributed by atoms with van der Waals surface area (Å²) in [6.45, 7) is 3.87. The van der Waals surface area contributed by atoms with Crippen LogP contribution in [0.15, 0.2) is 54.6 Å². The molecule has 24 heavy (non-hydrogen) atoms. The molecule has 2 aromatic carbocycles. The summed E-state index contributed by atoms with van der Waals surface area (Å²) in [5.74, 6) is 0.472. The number of rotatable bonds is 8. The predicted octanol–water partition coefficient (Wildman–Crippen LogP) is 5.16. The van der Waals surface area contributed by atoms with Gasteiger partial charge in [0, 0.05) is 17.3 Å². The molecule has 0 bridgehead atoms. The standard InChI is InChI=1S/C19H22ClNO3/c1-2-3-12-21(17-9-7-8-16(20)15-17)13-14-23-19(22)24-18-10-5-4-6-11-18/h4-11,15H,2-3,12-14H2,1H3. The van der Waals surface area contributed by atoms with Gasteiger partial charge in [-0.15, -0.1) is 0 Å². The zero-order valence-electron chi connectivity index (χ0n) is 13.8. The summed E-state index contributed by atoms with van der Waals surface area (Å²) in [7, 11) is 0. The van der Waals surface area contributed by atoms with Crippen molar-refractivity contribution >= 4 is 23.4 Å². The summed E-state index contributed by atoms with van der Waals surface area (Å²) < 4.78 is 10.3. The SMILES string of the molecule is CCCCN(CCOC(=O)Oc1ccccc1)c1cccc(Cl)c1. The highest BCUT2D eigenvalue weighted by Gasteiger charge is 2.10. The maximum Gasteiger partial charge on any atom is 0.513 e. The molecule has 0 saturated heterocycles. The van der Waals surface area contributed by atoms with Crippen LogP contribution >= 0.6 is 11.6 Å². The Kier molecular flexibility index (Phi) is 7.43. The third-order valence-electron chi connectivity index (χ3n) is 3.48. The molecule has 0 unspecified atom stereocenters. The minimum absolute atomic E-state index is 0.252. The van der Waals surface area contributed by atoms with Crippen molar-refractivity contribution in [3.63, 3.8) is 0 Å². The minimum atomic E-state index is -0.692. The summed E-state index contributed by atoms with van der Waals surface area (Å²) in [6.07, 6.45) is 1.46. The number of anilines is 1. The Morgan fingerprint density at radius 2 is 1.88 bits per heavy atom. The molecule has 0 aliphatic heterocycles. The monoisotopic (exact) mass is 347 g/mol. The van der Waals surface area contributed by atoms with Crippen molar-refractivity contribution in [1.29, 1.82) is 0 Å². The van der Waals surface area contributed by atoms with E-state index in [2.05, 4.69) is 11.8 Å². The van der Waals surface area contributed by atoms with Gasteiger partial charge in [-0.25, -0.2) is 4.79 Å². The topological polar surface area (TPSA) is 38.8 Å². The number of halogens is 1. The second-order valence-corrected chi connectivity index (χ2v) is 5.77. The number of hydrogen-bond acceptors (Lipinski definition) is 4. The molecule has 2 rings (SSSR count). The second-order valence-electron chi connectivity index (χ2n) is 5.33. The van der Waals surface area contributed by atoms with Crippen molar-refractivity contribution in [3.8, 4) is 5.75 Å².